The van der Waals surface area contributed by atoms with Crippen molar-refractivity contribution in [2.24, 2.45) is 0 Å². The van der Waals surface area contributed by atoms with Crippen molar-refractivity contribution in [2.75, 3.05) is 20.8 Å². The lowest BCUT2D eigenvalue weighted by molar-refractivity contribution is -0.145. The highest BCUT2D eigenvalue weighted by atomic mass is 16.5. The molecule has 0 fully saturated rings. The first-order valence-electron chi connectivity index (χ1n) is 6.77. The molecule has 1 N–H and O–H groups in total. The number of hydrogen-bond donors (Lipinski definition) is 1. The SMILES string of the molecule is CCOC(=O)C(CC)NCc1ccc(OC)c(OC)c1. The summed E-state index contributed by atoms with van der Waals surface area (Å²) >= 11 is 0. The Morgan fingerprint density at radius 2 is 1.90 bits per heavy atom. The van der Waals surface area contributed by atoms with Crippen LogP contribution in [0, 0.1) is 0 Å². The van der Waals surface area contributed by atoms with Crippen molar-refractivity contribution < 1.29 is 19.0 Å². The Morgan fingerprint density at radius 1 is 1.20 bits per heavy atom. The third-order valence-corrected chi connectivity index (χ3v) is 2.98. The fourth-order valence-electron chi connectivity index (χ4n) is 1.87. The second-order valence-corrected chi connectivity index (χ2v) is 4.28. The Labute approximate surface area is 120 Å². The Balaban J connectivity index is 2.66. The average molecular weight is 281 g/mol. The summed E-state index contributed by atoms with van der Waals surface area (Å²) in [6.07, 6.45) is 0.687. The van der Waals surface area contributed by atoms with Crippen molar-refractivity contribution in [3.8, 4) is 11.5 Å². The summed E-state index contributed by atoms with van der Waals surface area (Å²) in [4.78, 5) is 11.7. The van der Waals surface area contributed by atoms with E-state index in [1.165, 1.54) is 0 Å². The molecule has 1 aromatic carbocycles. The summed E-state index contributed by atoms with van der Waals surface area (Å²) in [6, 6.07) is 5.39. The van der Waals surface area contributed by atoms with E-state index in [9.17, 15) is 4.79 Å². The van der Waals surface area contributed by atoms with Crippen LogP contribution in [0.5, 0.6) is 11.5 Å². The van der Waals surface area contributed by atoms with Crippen LogP contribution in [0.2, 0.25) is 0 Å². The lowest BCUT2D eigenvalue weighted by Crippen LogP contribution is -2.37. The predicted molar refractivity (Wildman–Crippen MR) is 77.1 cm³/mol. The van der Waals surface area contributed by atoms with E-state index in [1.54, 1.807) is 21.1 Å². The van der Waals surface area contributed by atoms with Crippen molar-refractivity contribution in [2.45, 2.75) is 32.9 Å². The highest BCUT2D eigenvalue weighted by molar-refractivity contribution is 5.75. The summed E-state index contributed by atoms with van der Waals surface area (Å²) in [7, 11) is 3.20. The molecule has 0 heterocycles. The van der Waals surface area contributed by atoms with Crippen LogP contribution in [0.3, 0.4) is 0 Å². The lowest BCUT2D eigenvalue weighted by atomic mass is 10.1. The first-order valence-corrected chi connectivity index (χ1v) is 6.77. The standard InChI is InChI=1S/C15H23NO4/c1-5-12(15(17)20-6-2)16-10-11-7-8-13(18-3)14(9-11)19-4/h7-9,12,16H,5-6,10H2,1-4H3. The van der Waals surface area contributed by atoms with E-state index >= 15 is 0 Å². The number of carbonyl (C=O) groups excluding carboxylic acids is 1. The first-order chi connectivity index (χ1) is 9.65. The highest BCUT2D eigenvalue weighted by Gasteiger charge is 2.16. The molecule has 5 heteroatoms. The smallest absolute Gasteiger partial charge is 0.323 e. The number of nitrogens with one attached hydrogen (secondary N) is 1. The zero-order chi connectivity index (χ0) is 15.0. The van der Waals surface area contributed by atoms with E-state index in [4.69, 9.17) is 14.2 Å². The van der Waals surface area contributed by atoms with E-state index in [2.05, 4.69) is 5.32 Å². The Kier molecular flexibility index (Phi) is 6.87. The van der Waals surface area contributed by atoms with Crippen molar-refractivity contribution in [1.29, 1.82) is 0 Å². The van der Waals surface area contributed by atoms with Gasteiger partial charge in [0.05, 0.1) is 20.8 Å². The number of esters is 1. The minimum absolute atomic E-state index is 0.213. The number of rotatable bonds is 8. The minimum atomic E-state index is -0.289. The lowest BCUT2D eigenvalue weighted by Gasteiger charge is -2.16. The molecule has 0 spiro atoms. The normalized spacial score (nSPS) is 11.8. The van der Waals surface area contributed by atoms with E-state index < -0.39 is 0 Å². The maximum atomic E-state index is 11.7. The molecule has 0 bridgehead atoms. The van der Waals surface area contributed by atoms with Gasteiger partial charge in [0.1, 0.15) is 6.04 Å². The summed E-state index contributed by atoms with van der Waals surface area (Å²) in [6.45, 7) is 4.72. The number of methoxy groups -OCH3 is 2. The van der Waals surface area contributed by atoms with E-state index in [1.807, 2.05) is 25.1 Å². The van der Waals surface area contributed by atoms with Crippen LogP contribution in [0.4, 0.5) is 0 Å². The van der Waals surface area contributed by atoms with Crippen molar-refractivity contribution >= 4 is 5.97 Å². The molecule has 1 aromatic rings. The Morgan fingerprint density at radius 3 is 2.45 bits per heavy atom. The van der Waals surface area contributed by atoms with Crippen LogP contribution >= 0.6 is 0 Å². The van der Waals surface area contributed by atoms with Crippen molar-refractivity contribution in [3.05, 3.63) is 23.8 Å². The molecule has 0 aliphatic carbocycles. The largest absolute Gasteiger partial charge is 0.493 e. The number of benzene rings is 1. The van der Waals surface area contributed by atoms with E-state index in [0.29, 0.717) is 31.1 Å². The minimum Gasteiger partial charge on any atom is -0.493 e. The van der Waals surface area contributed by atoms with Gasteiger partial charge in [0.2, 0.25) is 0 Å². The number of hydrogen-bond acceptors (Lipinski definition) is 5. The van der Waals surface area contributed by atoms with Gasteiger partial charge in [-0.05, 0) is 31.0 Å². The molecule has 0 aliphatic heterocycles. The molecule has 0 aromatic heterocycles. The Bertz CT molecular complexity index is 434. The molecule has 1 rings (SSSR count). The van der Waals surface area contributed by atoms with E-state index in [0.717, 1.165) is 5.56 Å². The van der Waals surface area contributed by atoms with E-state index in [-0.39, 0.29) is 12.0 Å². The van der Waals surface area contributed by atoms with Crippen molar-refractivity contribution in [3.63, 3.8) is 0 Å². The molecular formula is C15H23NO4. The number of carbonyl (C=O) groups is 1. The van der Waals surface area contributed by atoms with Gasteiger partial charge < -0.3 is 19.5 Å². The van der Waals surface area contributed by atoms with Crippen LogP contribution in [-0.2, 0) is 16.1 Å². The molecule has 112 valence electrons. The fraction of sp³-hybridized carbons (Fsp3) is 0.533. The number of ether oxygens (including phenoxy) is 3. The molecule has 5 nitrogen and oxygen atoms in total. The van der Waals surface area contributed by atoms with Gasteiger partial charge in [-0.15, -0.1) is 0 Å². The van der Waals surface area contributed by atoms with Gasteiger partial charge in [-0.25, -0.2) is 0 Å². The van der Waals surface area contributed by atoms with Gasteiger partial charge in [-0.3, -0.25) is 4.79 Å². The summed E-state index contributed by atoms with van der Waals surface area (Å²) in [5, 5.41) is 3.19. The molecular weight excluding hydrogens is 258 g/mol. The highest BCUT2D eigenvalue weighted by Crippen LogP contribution is 2.27. The van der Waals surface area contributed by atoms with Crippen LogP contribution in [0.25, 0.3) is 0 Å². The quantitative estimate of drug-likeness (QED) is 0.740. The molecule has 1 atom stereocenters. The van der Waals surface area contributed by atoms with Gasteiger partial charge in [-0.1, -0.05) is 13.0 Å². The molecule has 0 aliphatic rings. The fourth-order valence-corrected chi connectivity index (χ4v) is 1.87. The third kappa shape index (κ3) is 4.42. The molecule has 0 saturated carbocycles. The van der Waals surface area contributed by atoms with Gasteiger partial charge in [-0.2, -0.15) is 0 Å². The second-order valence-electron chi connectivity index (χ2n) is 4.28. The first kappa shape index (κ1) is 16.3. The van der Waals surface area contributed by atoms with Gasteiger partial charge >= 0.3 is 5.97 Å². The van der Waals surface area contributed by atoms with Crippen LogP contribution in [0.1, 0.15) is 25.8 Å². The summed E-state index contributed by atoms with van der Waals surface area (Å²) < 4.78 is 15.5. The molecule has 0 saturated heterocycles. The maximum Gasteiger partial charge on any atom is 0.323 e. The van der Waals surface area contributed by atoms with Crippen molar-refractivity contribution in [1.82, 2.24) is 5.32 Å². The molecule has 0 radical (unpaired) electrons. The molecule has 20 heavy (non-hydrogen) atoms. The van der Waals surface area contributed by atoms with Crippen LogP contribution < -0.4 is 14.8 Å². The van der Waals surface area contributed by atoms with Gasteiger partial charge in [0, 0.05) is 6.54 Å². The average Bonchev–Trinajstić information content (AvgIpc) is 2.47. The van der Waals surface area contributed by atoms with Gasteiger partial charge in [0.25, 0.3) is 0 Å². The third-order valence-electron chi connectivity index (χ3n) is 2.98. The second kappa shape index (κ2) is 8.43. The van der Waals surface area contributed by atoms with Crippen LogP contribution in [-0.4, -0.2) is 32.8 Å². The van der Waals surface area contributed by atoms with Gasteiger partial charge in [0.15, 0.2) is 11.5 Å². The zero-order valence-corrected chi connectivity index (χ0v) is 12.6. The summed E-state index contributed by atoms with van der Waals surface area (Å²) in [5.41, 5.74) is 1.02. The summed E-state index contributed by atoms with van der Waals surface area (Å²) in [5.74, 6) is 1.15. The molecule has 1 unspecified atom stereocenters. The monoisotopic (exact) mass is 281 g/mol. The Hall–Kier alpha value is -1.75. The predicted octanol–water partition coefficient (Wildman–Crippen LogP) is 2.14. The topological polar surface area (TPSA) is 56.8 Å². The maximum absolute atomic E-state index is 11.7. The zero-order valence-electron chi connectivity index (χ0n) is 12.6. The molecule has 0 amide bonds. The van der Waals surface area contributed by atoms with Crippen LogP contribution in [0.15, 0.2) is 18.2 Å².